The Morgan fingerprint density at radius 2 is 2.05 bits per heavy atom. The van der Waals surface area contributed by atoms with Crippen LogP contribution in [0.1, 0.15) is 11.1 Å². The van der Waals surface area contributed by atoms with Gasteiger partial charge in [0.15, 0.2) is 0 Å². The number of anilines is 1. The average molecular weight is 291 g/mol. The number of hydrogen-bond donors (Lipinski definition) is 1. The first-order chi connectivity index (χ1) is 9.46. The molecule has 0 aliphatic heterocycles. The second-order valence-corrected chi connectivity index (χ2v) is 6.45. The lowest BCUT2D eigenvalue weighted by Crippen LogP contribution is -2.26. The maximum Gasteiger partial charge on any atom is 0.264 e. The molecule has 1 aromatic carbocycles. The van der Waals surface area contributed by atoms with Gasteiger partial charge in [0.25, 0.3) is 10.0 Å². The van der Waals surface area contributed by atoms with Crippen LogP contribution in [0.2, 0.25) is 0 Å². The molecule has 0 unspecified atom stereocenters. The van der Waals surface area contributed by atoms with Gasteiger partial charge >= 0.3 is 0 Å². The number of benzene rings is 1. The van der Waals surface area contributed by atoms with Gasteiger partial charge in [0.2, 0.25) is 0 Å². The molecule has 2 rings (SSSR count). The van der Waals surface area contributed by atoms with E-state index in [9.17, 15) is 8.42 Å². The fourth-order valence-electron chi connectivity index (χ4n) is 1.89. The Morgan fingerprint density at radius 3 is 2.60 bits per heavy atom. The third-order valence-corrected chi connectivity index (χ3v) is 4.98. The van der Waals surface area contributed by atoms with Crippen LogP contribution < -0.4 is 10.0 Å². The maximum atomic E-state index is 12.6. The fraction of sp³-hybridized carbons (Fsp3) is 0.214. The van der Waals surface area contributed by atoms with Gasteiger partial charge in [-0.25, -0.2) is 8.42 Å². The molecule has 0 saturated carbocycles. The van der Waals surface area contributed by atoms with Crippen LogP contribution in [-0.4, -0.2) is 20.4 Å². The second kappa shape index (κ2) is 5.60. The van der Waals surface area contributed by atoms with Crippen LogP contribution in [0.25, 0.3) is 0 Å². The summed E-state index contributed by atoms with van der Waals surface area (Å²) in [6, 6.07) is 8.37. The van der Waals surface area contributed by atoms with Crippen molar-refractivity contribution in [3.8, 4) is 0 Å². The number of hydrogen-bond acceptors (Lipinski definition) is 4. The summed E-state index contributed by atoms with van der Waals surface area (Å²) in [6.45, 7) is 2.25. The fourth-order valence-corrected chi connectivity index (χ4v) is 3.16. The molecule has 5 nitrogen and oxygen atoms in total. The number of nitrogens with two attached hydrogens (primary N) is 1. The summed E-state index contributed by atoms with van der Waals surface area (Å²) in [4.78, 5) is 4.18. The van der Waals surface area contributed by atoms with E-state index < -0.39 is 10.0 Å². The van der Waals surface area contributed by atoms with Gasteiger partial charge < -0.3 is 5.73 Å². The Balaban J connectivity index is 2.43. The number of rotatable bonds is 4. The zero-order chi connectivity index (χ0) is 14.8. The molecule has 0 aliphatic carbocycles. The summed E-state index contributed by atoms with van der Waals surface area (Å²) in [5, 5.41) is 0. The Hall–Kier alpha value is -1.92. The predicted molar refractivity (Wildman–Crippen MR) is 78.9 cm³/mol. The summed E-state index contributed by atoms with van der Waals surface area (Å²) in [5.74, 6) is 0. The van der Waals surface area contributed by atoms with Crippen LogP contribution in [0, 0.1) is 6.92 Å². The predicted octanol–water partition coefficient (Wildman–Crippen LogP) is 1.67. The second-order valence-electron chi connectivity index (χ2n) is 4.48. The van der Waals surface area contributed by atoms with Crippen molar-refractivity contribution in [2.75, 3.05) is 11.4 Å². The van der Waals surface area contributed by atoms with Crippen LogP contribution in [0.4, 0.5) is 5.69 Å². The third kappa shape index (κ3) is 2.66. The van der Waals surface area contributed by atoms with E-state index in [4.69, 9.17) is 5.73 Å². The van der Waals surface area contributed by atoms with Crippen molar-refractivity contribution in [3.63, 3.8) is 0 Å². The van der Waals surface area contributed by atoms with Crippen molar-refractivity contribution in [2.24, 2.45) is 5.73 Å². The minimum absolute atomic E-state index is 0.249. The maximum absolute atomic E-state index is 12.6. The lowest BCUT2D eigenvalue weighted by Gasteiger charge is -2.19. The first kappa shape index (κ1) is 14.5. The van der Waals surface area contributed by atoms with Crippen LogP contribution >= 0.6 is 0 Å². The highest BCUT2D eigenvalue weighted by Gasteiger charge is 2.21. The standard InChI is InChI=1S/C14H17N3O2S/c1-11-8-14(6-5-12(11)9-15)20(18,19)17(2)13-4-3-7-16-10-13/h3-8,10H,9,15H2,1-2H3. The molecule has 2 aromatic rings. The summed E-state index contributed by atoms with van der Waals surface area (Å²) in [7, 11) is -2.07. The molecule has 106 valence electrons. The summed E-state index contributed by atoms with van der Waals surface area (Å²) >= 11 is 0. The molecule has 0 bridgehead atoms. The molecule has 6 heteroatoms. The summed E-state index contributed by atoms with van der Waals surface area (Å²) < 4.78 is 26.3. The van der Waals surface area contributed by atoms with Crippen molar-refractivity contribution in [1.82, 2.24) is 4.98 Å². The van der Waals surface area contributed by atoms with E-state index >= 15 is 0 Å². The lowest BCUT2D eigenvalue weighted by atomic mass is 10.1. The van der Waals surface area contributed by atoms with Gasteiger partial charge in [-0.2, -0.15) is 0 Å². The van der Waals surface area contributed by atoms with Gasteiger partial charge in [-0.1, -0.05) is 6.07 Å². The molecule has 2 N–H and O–H groups in total. The Bertz CT molecular complexity index is 700. The van der Waals surface area contributed by atoms with E-state index in [1.807, 2.05) is 6.92 Å². The molecule has 0 amide bonds. The van der Waals surface area contributed by atoms with Crippen molar-refractivity contribution in [1.29, 1.82) is 0 Å². The summed E-state index contributed by atoms with van der Waals surface area (Å²) in [5.41, 5.74) is 7.92. The van der Waals surface area contributed by atoms with E-state index in [0.29, 0.717) is 12.2 Å². The van der Waals surface area contributed by atoms with E-state index in [0.717, 1.165) is 11.1 Å². The van der Waals surface area contributed by atoms with Crippen molar-refractivity contribution >= 4 is 15.7 Å². The van der Waals surface area contributed by atoms with Crippen molar-refractivity contribution in [3.05, 3.63) is 53.9 Å². The third-order valence-electron chi connectivity index (χ3n) is 3.20. The minimum Gasteiger partial charge on any atom is -0.326 e. The largest absolute Gasteiger partial charge is 0.326 e. The smallest absolute Gasteiger partial charge is 0.264 e. The molecule has 0 aliphatic rings. The topological polar surface area (TPSA) is 76.3 Å². The minimum atomic E-state index is -3.59. The van der Waals surface area contributed by atoms with Gasteiger partial charge in [0, 0.05) is 19.8 Å². The van der Waals surface area contributed by atoms with Crippen LogP contribution in [0.3, 0.4) is 0 Å². The lowest BCUT2D eigenvalue weighted by molar-refractivity contribution is 0.594. The van der Waals surface area contributed by atoms with Gasteiger partial charge in [-0.05, 0) is 42.3 Å². The number of aromatic nitrogens is 1. The molecule has 0 fully saturated rings. The molecule has 0 radical (unpaired) electrons. The number of aryl methyl sites for hydroxylation is 1. The highest BCUT2D eigenvalue weighted by molar-refractivity contribution is 7.92. The molecule has 0 atom stereocenters. The molecular weight excluding hydrogens is 274 g/mol. The molecular formula is C14H17N3O2S. The van der Waals surface area contributed by atoms with E-state index in [-0.39, 0.29) is 4.90 Å². The highest BCUT2D eigenvalue weighted by Crippen LogP contribution is 2.22. The first-order valence-corrected chi connectivity index (χ1v) is 7.59. The highest BCUT2D eigenvalue weighted by atomic mass is 32.2. The first-order valence-electron chi connectivity index (χ1n) is 6.15. The van der Waals surface area contributed by atoms with Gasteiger partial charge in [-0.3, -0.25) is 9.29 Å². The molecule has 0 saturated heterocycles. The average Bonchev–Trinajstić information content (AvgIpc) is 2.47. The zero-order valence-corrected chi connectivity index (χ0v) is 12.3. The monoisotopic (exact) mass is 291 g/mol. The number of pyridine rings is 1. The van der Waals surface area contributed by atoms with E-state index in [2.05, 4.69) is 4.98 Å². The van der Waals surface area contributed by atoms with Gasteiger partial charge in [-0.15, -0.1) is 0 Å². The van der Waals surface area contributed by atoms with Crippen LogP contribution in [-0.2, 0) is 16.6 Å². The normalized spacial score (nSPS) is 11.3. The Kier molecular flexibility index (Phi) is 4.06. The van der Waals surface area contributed by atoms with Crippen molar-refractivity contribution < 1.29 is 8.42 Å². The Morgan fingerprint density at radius 1 is 1.30 bits per heavy atom. The van der Waals surface area contributed by atoms with Gasteiger partial charge in [0.1, 0.15) is 0 Å². The zero-order valence-electron chi connectivity index (χ0n) is 11.4. The number of nitrogens with zero attached hydrogens (tertiary/aromatic N) is 2. The van der Waals surface area contributed by atoms with Crippen molar-refractivity contribution in [2.45, 2.75) is 18.4 Å². The summed E-state index contributed by atoms with van der Waals surface area (Å²) in [6.07, 6.45) is 3.11. The molecule has 1 heterocycles. The molecule has 20 heavy (non-hydrogen) atoms. The molecule has 0 spiro atoms. The number of sulfonamides is 1. The van der Waals surface area contributed by atoms with Gasteiger partial charge in [0.05, 0.1) is 16.8 Å². The Labute approximate surface area is 119 Å². The quantitative estimate of drug-likeness (QED) is 0.929. The van der Waals surface area contributed by atoms with E-state index in [1.165, 1.54) is 17.5 Å². The SMILES string of the molecule is Cc1cc(S(=O)(=O)N(C)c2cccnc2)ccc1CN. The van der Waals surface area contributed by atoms with Crippen LogP contribution in [0.15, 0.2) is 47.6 Å². The van der Waals surface area contributed by atoms with E-state index in [1.54, 1.807) is 36.5 Å². The molecule has 1 aromatic heterocycles. The van der Waals surface area contributed by atoms with Crippen LogP contribution in [0.5, 0.6) is 0 Å².